The van der Waals surface area contributed by atoms with Crippen molar-refractivity contribution in [3.63, 3.8) is 0 Å². The highest BCUT2D eigenvalue weighted by Crippen LogP contribution is 2.28. The van der Waals surface area contributed by atoms with Crippen molar-refractivity contribution < 1.29 is 14.6 Å². The maximum Gasteiger partial charge on any atom is 0.321 e. The number of hydrogen-bond acceptors (Lipinski definition) is 3. The zero-order valence-electron chi connectivity index (χ0n) is 8.94. The maximum atomic E-state index is 11.3. The van der Waals surface area contributed by atoms with Crippen molar-refractivity contribution in [3.8, 4) is 11.5 Å². The molecule has 82 valence electrons. The number of amides is 2. The summed E-state index contributed by atoms with van der Waals surface area (Å²) in [6.07, 6.45) is 0. The van der Waals surface area contributed by atoms with Crippen LogP contribution in [-0.4, -0.2) is 37.2 Å². The molecule has 1 aromatic carbocycles. The van der Waals surface area contributed by atoms with Gasteiger partial charge in [0, 0.05) is 25.8 Å². The van der Waals surface area contributed by atoms with Crippen LogP contribution >= 0.6 is 0 Å². The number of aromatic hydroxyl groups is 1. The van der Waals surface area contributed by atoms with Crippen molar-refractivity contribution in [2.75, 3.05) is 26.5 Å². The summed E-state index contributed by atoms with van der Waals surface area (Å²) >= 11 is 0. The Morgan fingerprint density at radius 1 is 1.47 bits per heavy atom. The minimum atomic E-state index is -0.250. The number of benzene rings is 1. The number of nitrogens with one attached hydrogen (secondary N) is 1. The van der Waals surface area contributed by atoms with E-state index in [1.54, 1.807) is 26.2 Å². The van der Waals surface area contributed by atoms with E-state index in [9.17, 15) is 9.90 Å². The monoisotopic (exact) mass is 210 g/mol. The summed E-state index contributed by atoms with van der Waals surface area (Å²) in [5.41, 5.74) is 0.520. The number of phenols is 1. The average Bonchev–Trinajstić information content (AvgIpc) is 2.18. The molecule has 5 heteroatoms. The van der Waals surface area contributed by atoms with Gasteiger partial charge < -0.3 is 20.1 Å². The Morgan fingerprint density at radius 2 is 2.13 bits per heavy atom. The van der Waals surface area contributed by atoms with E-state index < -0.39 is 0 Å². The van der Waals surface area contributed by atoms with Crippen molar-refractivity contribution in [2.45, 2.75) is 0 Å². The normalized spacial score (nSPS) is 9.53. The van der Waals surface area contributed by atoms with Gasteiger partial charge in [-0.3, -0.25) is 0 Å². The number of phenolic OH excluding ortho intramolecular Hbond substituents is 1. The Kier molecular flexibility index (Phi) is 3.38. The number of carbonyl (C=O) groups is 1. The van der Waals surface area contributed by atoms with Gasteiger partial charge in [0.05, 0.1) is 7.11 Å². The maximum absolute atomic E-state index is 11.3. The molecular weight excluding hydrogens is 196 g/mol. The fourth-order valence-corrected chi connectivity index (χ4v) is 1.00. The van der Waals surface area contributed by atoms with Gasteiger partial charge in [0.1, 0.15) is 0 Å². The Hall–Kier alpha value is -1.91. The molecule has 5 nitrogen and oxygen atoms in total. The molecule has 0 aliphatic heterocycles. The lowest BCUT2D eigenvalue weighted by molar-refractivity contribution is 0.230. The first kappa shape index (κ1) is 11.2. The van der Waals surface area contributed by atoms with Crippen LogP contribution in [0, 0.1) is 0 Å². The first-order valence-corrected chi connectivity index (χ1v) is 4.40. The molecule has 0 bridgehead atoms. The highest BCUT2D eigenvalue weighted by Gasteiger charge is 2.06. The topological polar surface area (TPSA) is 61.8 Å². The van der Waals surface area contributed by atoms with E-state index in [2.05, 4.69) is 5.32 Å². The Bertz CT molecular complexity index is 364. The quantitative estimate of drug-likeness (QED) is 0.777. The Morgan fingerprint density at radius 3 is 2.60 bits per heavy atom. The summed E-state index contributed by atoms with van der Waals surface area (Å²) in [6, 6.07) is 4.42. The molecule has 1 aromatic rings. The zero-order chi connectivity index (χ0) is 11.4. The van der Waals surface area contributed by atoms with Gasteiger partial charge in [0.15, 0.2) is 11.5 Å². The van der Waals surface area contributed by atoms with Crippen molar-refractivity contribution in [2.24, 2.45) is 0 Å². The molecule has 0 spiro atoms. The lowest BCUT2D eigenvalue weighted by Gasteiger charge is -2.12. The van der Waals surface area contributed by atoms with Crippen molar-refractivity contribution in [1.82, 2.24) is 4.90 Å². The van der Waals surface area contributed by atoms with Gasteiger partial charge in [-0.25, -0.2) is 4.79 Å². The van der Waals surface area contributed by atoms with Gasteiger partial charge in [0.2, 0.25) is 0 Å². The summed E-state index contributed by atoms with van der Waals surface area (Å²) in [5.74, 6) is 0.368. The lowest BCUT2D eigenvalue weighted by atomic mass is 10.3. The van der Waals surface area contributed by atoms with E-state index >= 15 is 0 Å². The SMILES string of the molecule is COc1ccc(NC(=O)N(C)C)cc1O. The largest absolute Gasteiger partial charge is 0.504 e. The molecule has 0 atom stereocenters. The second kappa shape index (κ2) is 4.54. The molecule has 0 aliphatic carbocycles. The van der Waals surface area contributed by atoms with Crippen molar-refractivity contribution >= 4 is 11.7 Å². The van der Waals surface area contributed by atoms with Crippen LogP contribution in [0.5, 0.6) is 11.5 Å². The molecule has 0 heterocycles. The molecule has 0 unspecified atom stereocenters. The molecule has 0 fully saturated rings. The van der Waals surface area contributed by atoms with E-state index in [1.165, 1.54) is 18.1 Å². The summed E-state index contributed by atoms with van der Waals surface area (Å²) in [6.45, 7) is 0. The second-order valence-electron chi connectivity index (χ2n) is 3.21. The van der Waals surface area contributed by atoms with Gasteiger partial charge in [-0.15, -0.1) is 0 Å². The second-order valence-corrected chi connectivity index (χ2v) is 3.21. The number of ether oxygens (including phenoxy) is 1. The average molecular weight is 210 g/mol. The molecule has 0 radical (unpaired) electrons. The predicted octanol–water partition coefficient (Wildman–Crippen LogP) is 1.49. The van der Waals surface area contributed by atoms with Crippen LogP contribution in [0.25, 0.3) is 0 Å². The van der Waals surface area contributed by atoms with E-state index in [0.717, 1.165) is 0 Å². The summed E-state index contributed by atoms with van der Waals surface area (Å²) in [5, 5.41) is 12.1. The van der Waals surface area contributed by atoms with Crippen molar-refractivity contribution in [1.29, 1.82) is 0 Å². The molecule has 0 saturated carbocycles. The summed E-state index contributed by atoms with van der Waals surface area (Å²) < 4.78 is 4.88. The molecule has 2 amide bonds. The van der Waals surface area contributed by atoms with E-state index in [0.29, 0.717) is 11.4 Å². The summed E-state index contributed by atoms with van der Waals surface area (Å²) in [4.78, 5) is 12.7. The van der Waals surface area contributed by atoms with Crippen LogP contribution in [0.4, 0.5) is 10.5 Å². The van der Waals surface area contributed by atoms with Gasteiger partial charge in [-0.05, 0) is 12.1 Å². The molecule has 2 N–H and O–H groups in total. The molecule has 15 heavy (non-hydrogen) atoms. The number of nitrogens with zero attached hydrogens (tertiary/aromatic N) is 1. The van der Waals surface area contributed by atoms with Crippen LogP contribution in [0.15, 0.2) is 18.2 Å². The first-order chi connectivity index (χ1) is 7.04. The third-order valence-electron chi connectivity index (χ3n) is 1.84. The first-order valence-electron chi connectivity index (χ1n) is 4.40. The van der Waals surface area contributed by atoms with Crippen LogP contribution in [0.2, 0.25) is 0 Å². The summed E-state index contributed by atoms with van der Waals surface area (Å²) in [7, 11) is 4.74. The van der Waals surface area contributed by atoms with Crippen molar-refractivity contribution in [3.05, 3.63) is 18.2 Å². The smallest absolute Gasteiger partial charge is 0.321 e. The van der Waals surface area contributed by atoms with Gasteiger partial charge in [-0.2, -0.15) is 0 Å². The number of methoxy groups -OCH3 is 1. The van der Waals surface area contributed by atoms with Crippen LogP contribution in [0.1, 0.15) is 0 Å². The Labute approximate surface area is 88.3 Å². The fourth-order valence-electron chi connectivity index (χ4n) is 1.00. The fraction of sp³-hybridized carbons (Fsp3) is 0.300. The lowest BCUT2D eigenvalue weighted by Crippen LogP contribution is -2.27. The van der Waals surface area contributed by atoms with Crippen LogP contribution < -0.4 is 10.1 Å². The van der Waals surface area contributed by atoms with E-state index in [4.69, 9.17) is 4.74 Å². The van der Waals surface area contributed by atoms with Gasteiger partial charge in [0.25, 0.3) is 0 Å². The number of hydrogen-bond donors (Lipinski definition) is 2. The number of carbonyl (C=O) groups excluding carboxylic acids is 1. The highest BCUT2D eigenvalue weighted by molar-refractivity contribution is 5.89. The minimum absolute atomic E-state index is 0.00550. The van der Waals surface area contributed by atoms with Crippen LogP contribution in [0.3, 0.4) is 0 Å². The number of anilines is 1. The predicted molar refractivity (Wildman–Crippen MR) is 57.4 cm³/mol. The standard InChI is InChI=1S/C10H14N2O3/c1-12(2)10(14)11-7-4-5-9(15-3)8(13)6-7/h4-6,13H,1-3H3,(H,11,14). The molecule has 1 rings (SSSR count). The van der Waals surface area contributed by atoms with Gasteiger partial charge >= 0.3 is 6.03 Å². The van der Waals surface area contributed by atoms with E-state index in [-0.39, 0.29) is 11.8 Å². The van der Waals surface area contributed by atoms with E-state index in [1.807, 2.05) is 0 Å². The molecule has 0 aliphatic rings. The minimum Gasteiger partial charge on any atom is -0.504 e. The number of rotatable bonds is 2. The van der Waals surface area contributed by atoms with Gasteiger partial charge in [-0.1, -0.05) is 0 Å². The third-order valence-corrected chi connectivity index (χ3v) is 1.84. The van der Waals surface area contributed by atoms with Crippen LogP contribution in [-0.2, 0) is 0 Å². The molecule has 0 saturated heterocycles. The Balaban J connectivity index is 2.80. The third kappa shape index (κ3) is 2.77. The zero-order valence-corrected chi connectivity index (χ0v) is 8.94. The number of urea groups is 1. The highest BCUT2D eigenvalue weighted by atomic mass is 16.5. The molecule has 0 aromatic heterocycles. The molecular formula is C10H14N2O3.